The third-order valence-corrected chi connectivity index (χ3v) is 10.5. The molecule has 1 unspecified atom stereocenters. The summed E-state index contributed by atoms with van der Waals surface area (Å²) in [5.41, 5.74) is -1.64. The van der Waals surface area contributed by atoms with Gasteiger partial charge in [0, 0.05) is 17.5 Å². The Morgan fingerprint density at radius 2 is 1.96 bits per heavy atom. The van der Waals surface area contributed by atoms with Crippen molar-refractivity contribution in [2.24, 2.45) is 16.7 Å². The minimum Gasteiger partial charge on any atom is -0.460 e. The number of hydrogen-bond acceptors (Lipinski definition) is 5. The van der Waals surface area contributed by atoms with Crippen molar-refractivity contribution in [2.45, 2.75) is 104 Å². The van der Waals surface area contributed by atoms with Gasteiger partial charge < -0.3 is 9.26 Å². The molecule has 1 aliphatic heterocycles. The van der Waals surface area contributed by atoms with Crippen LogP contribution in [0.2, 0.25) is 0 Å². The van der Waals surface area contributed by atoms with Crippen molar-refractivity contribution >= 4 is 13.5 Å². The van der Waals surface area contributed by atoms with Crippen molar-refractivity contribution in [3.05, 3.63) is 0 Å². The van der Waals surface area contributed by atoms with Crippen molar-refractivity contribution in [1.29, 1.82) is 5.26 Å². The fraction of sp³-hybridized carbons (Fsp3) is 0.905. The average molecular weight is 410 g/mol. The van der Waals surface area contributed by atoms with Crippen LogP contribution in [-0.2, 0) is 18.6 Å². The molecule has 3 rings (SSSR count). The number of fused-ring (bicyclic) bond motifs is 5. The summed E-state index contributed by atoms with van der Waals surface area (Å²) in [6.45, 7) is 16.2. The van der Waals surface area contributed by atoms with Crippen molar-refractivity contribution in [1.82, 2.24) is 4.67 Å². The van der Waals surface area contributed by atoms with Crippen LogP contribution in [-0.4, -0.2) is 40.1 Å². The van der Waals surface area contributed by atoms with E-state index < -0.39 is 24.7 Å². The van der Waals surface area contributed by atoms with E-state index in [0.717, 1.165) is 12.8 Å². The Hall–Kier alpha value is -0.890. The van der Waals surface area contributed by atoms with Crippen LogP contribution in [0, 0.1) is 28.1 Å². The van der Waals surface area contributed by atoms with Crippen LogP contribution >= 0.6 is 7.52 Å². The molecule has 158 valence electrons. The number of ether oxygens (including phenoxy) is 1. The lowest BCUT2D eigenvalue weighted by Crippen LogP contribution is -2.44. The van der Waals surface area contributed by atoms with Gasteiger partial charge in [0.25, 0.3) is 7.52 Å². The molecule has 2 saturated carbocycles. The summed E-state index contributed by atoms with van der Waals surface area (Å²) in [6.07, 6.45) is 1.75. The maximum atomic E-state index is 14.2. The summed E-state index contributed by atoms with van der Waals surface area (Å²) >= 11 is 0. The molecule has 0 N–H and O–H groups in total. The molecule has 6 nitrogen and oxygen atoms in total. The second kappa shape index (κ2) is 6.56. The van der Waals surface area contributed by atoms with Gasteiger partial charge in [0.2, 0.25) is 0 Å². The van der Waals surface area contributed by atoms with Gasteiger partial charge in [-0.25, -0.2) is 4.67 Å². The van der Waals surface area contributed by atoms with Crippen LogP contribution in [0.15, 0.2) is 0 Å². The molecule has 0 aromatic carbocycles. The first-order valence-electron chi connectivity index (χ1n) is 10.4. The zero-order chi connectivity index (χ0) is 21.3. The minimum absolute atomic E-state index is 0.0333. The van der Waals surface area contributed by atoms with Crippen molar-refractivity contribution in [3.8, 4) is 6.07 Å². The molecule has 1 saturated heterocycles. The molecule has 7 heteroatoms. The normalized spacial score (nSPS) is 40.4. The van der Waals surface area contributed by atoms with Crippen LogP contribution in [0.1, 0.15) is 74.7 Å². The van der Waals surface area contributed by atoms with Gasteiger partial charge in [-0.05, 0) is 58.8 Å². The molecule has 0 spiro atoms. The number of nitriles is 1. The van der Waals surface area contributed by atoms with E-state index in [1.165, 1.54) is 0 Å². The minimum atomic E-state index is -3.51. The Labute approximate surface area is 169 Å². The Morgan fingerprint density at radius 1 is 1.36 bits per heavy atom. The SMILES string of the molecule is CC(C)N1[C@@H]2[C@H]3CC[C@@](C)([C@@H]2OP1(=O)[C@H](C#N)CC(=O)OC(C)(C)C)C3(C)C. The Morgan fingerprint density at radius 3 is 2.46 bits per heavy atom. The lowest BCUT2D eigenvalue weighted by Gasteiger charge is -2.39. The highest BCUT2D eigenvalue weighted by Crippen LogP contribution is 2.77. The first-order valence-corrected chi connectivity index (χ1v) is 12.0. The smallest absolute Gasteiger partial charge is 0.308 e. The second-order valence-electron chi connectivity index (χ2n) is 10.8. The van der Waals surface area contributed by atoms with Crippen molar-refractivity contribution in [3.63, 3.8) is 0 Å². The first-order chi connectivity index (χ1) is 12.7. The molecule has 28 heavy (non-hydrogen) atoms. The number of carbonyl (C=O) groups excluding carboxylic acids is 1. The number of hydrogen-bond donors (Lipinski definition) is 0. The van der Waals surface area contributed by atoms with Gasteiger partial charge in [0.1, 0.15) is 11.3 Å². The highest BCUT2D eigenvalue weighted by atomic mass is 31.2. The second-order valence-corrected chi connectivity index (χ2v) is 13.2. The van der Waals surface area contributed by atoms with Gasteiger partial charge in [-0.2, -0.15) is 5.26 Å². The predicted octanol–water partition coefficient (Wildman–Crippen LogP) is 4.74. The molecule has 0 amide bonds. The van der Waals surface area contributed by atoms with Crippen LogP contribution in [0.3, 0.4) is 0 Å². The van der Waals surface area contributed by atoms with E-state index in [9.17, 15) is 14.6 Å². The summed E-state index contributed by atoms with van der Waals surface area (Å²) < 4.78 is 27.9. The zero-order valence-electron chi connectivity index (χ0n) is 18.5. The summed E-state index contributed by atoms with van der Waals surface area (Å²) in [4.78, 5) is 12.4. The highest BCUT2D eigenvalue weighted by molar-refractivity contribution is 7.58. The fourth-order valence-electron chi connectivity index (χ4n) is 5.84. The van der Waals surface area contributed by atoms with Crippen LogP contribution in [0.4, 0.5) is 0 Å². The van der Waals surface area contributed by atoms with Gasteiger partial charge in [-0.15, -0.1) is 0 Å². The molecule has 6 atom stereocenters. The van der Waals surface area contributed by atoms with Gasteiger partial charge in [0.05, 0.1) is 18.6 Å². The van der Waals surface area contributed by atoms with Gasteiger partial charge >= 0.3 is 5.97 Å². The highest BCUT2D eigenvalue weighted by Gasteiger charge is 2.74. The largest absolute Gasteiger partial charge is 0.460 e. The van der Waals surface area contributed by atoms with E-state index >= 15 is 0 Å². The topological polar surface area (TPSA) is 79.6 Å². The van der Waals surface area contributed by atoms with Crippen molar-refractivity contribution < 1.29 is 18.6 Å². The molecule has 2 aliphatic carbocycles. The van der Waals surface area contributed by atoms with Crippen LogP contribution in [0.5, 0.6) is 0 Å². The monoisotopic (exact) mass is 410 g/mol. The average Bonchev–Trinajstić information content (AvgIpc) is 3.02. The molecular weight excluding hydrogens is 375 g/mol. The maximum Gasteiger partial charge on any atom is 0.308 e. The van der Waals surface area contributed by atoms with E-state index in [1.54, 1.807) is 20.8 Å². The van der Waals surface area contributed by atoms with E-state index in [2.05, 4.69) is 26.8 Å². The summed E-state index contributed by atoms with van der Waals surface area (Å²) in [6, 6.07) is 2.13. The fourth-order valence-corrected chi connectivity index (χ4v) is 8.92. The van der Waals surface area contributed by atoms with E-state index in [-0.39, 0.29) is 35.4 Å². The molecule has 3 aliphatic rings. The molecule has 1 heterocycles. The van der Waals surface area contributed by atoms with Gasteiger partial charge in [-0.3, -0.25) is 9.36 Å². The molecule has 3 fully saturated rings. The van der Waals surface area contributed by atoms with Crippen molar-refractivity contribution in [2.75, 3.05) is 0 Å². The Bertz CT molecular complexity index is 750. The zero-order valence-corrected chi connectivity index (χ0v) is 19.4. The Balaban J connectivity index is 1.94. The molecule has 0 aromatic rings. The van der Waals surface area contributed by atoms with Gasteiger partial charge in [0.15, 0.2) is 0 Å². The van der Waals surface area contributed by atoms with E-state index in [1.807, 2.05) is 18.5 Å². The third-order valence-electron chi connectivity index (χ3n) is 7.47. The summed E-state index contributed by atoms with van der Waals surface area (Å²) in [5, 5.41) is 9.84. The number of carbonyl (C=O) groups is 1. The molecule has 0 radical (unpaired) electrons. The number of nitrogens with zero attached hydrogens (tertiary/aromatic N) is 2. The lowest BCUT2D eigenvalue weighted by molar-refractivity contribution is -0.154. The van der Waals surface area contributed by atoms with E-state index in [0.29, 0.717) is 5.92 Å². The molecule has 2 bridgehead atoms. The Kier molecular flexibility index (Phi) is 5.11. The molecular formula is C21H35N2O4P. The summed E-state index contributed by atoms with van der Waals surface area (Å²) in [5.74, 6) is -0.130. The van der Waals surface area contributed by atoms with Crippen LogP contribution < -0.4 is 0 Å². The molecule has 0 aromatic heterocycles. The van der Waals surface area contributed by atoms with Gasteiger partial charge in [-0.1, -0.05) is 20.8 Å². The van der Waals surface area contributed by atoms with E-state index in [4.69, 9.17) is 9.26 Å². The predicted molar refractivity (Wildman–Crippen MR) is 108 cm³/mol. The van der Waals surface area contributed by atoms with Crippen LogP contribution in [0.25, 0.3) is 0 Å². The quantitative estimate of drug-likeness (QED) is 0.492. The first kappa shape index (κ1) is 21.8. The number of rotatable bonds is 4. The lowest BCUT2D eigenvalue weighted by atomic mass is 9.70. The third kappa shape index (κ3) is 2.97. The standard InChI is InChI=1S/C21H35N2O4P/c1-13(2)23-17-15-9-10-21(8,20(15,6)7)18(17)27-28(23,25)14(12-22)11-16(24)26-19(3,4)5/h13-15,17-18H,9-11H2,1-8H3/t14-,15+,17+,18+,21-,28?/m0/s1. The number of esters is 1. The summed E-state index contributed by atoms with van der Waals surface area (Å²) in [7, 11) is -3.51. The maximum absolute atomic E-state index is 14.2.